The third kappa shape index (κ3) is 2.80. The fourth-order valence-electron chi connectivity index (χ4n) is 2.93. The van der Waals surface area contributed by atoms with E-state index in [1.165, 1.54) is 15.3 Å². The summed E-state index contributed by atoms with van der Waals surface area (Å²) in [7, 11) is -1.78. The van der Waals surface area contributed by atoms with Crippen molar-refractivity contribution in [3.8, 4) is 11.3 Å². The average molecular weight is 371 g/mol. The first-order chi connectivity index (χ1) is 12.1. The fraction of sp³-hybridized carbons (Fsp3) is 0.111. The Kier molecular flexibility index (Phi) is 3.99. The molecule has 0 fully saturated rings. The highest BCUT2D eigenvalue weighted by molar-refractivity contribution is 7.90. The van der Waals surface area contributed by atoms with E-state index in [0.717, 1.165) is 22.0 Å². The van der Waals surface area contributed by atoms with Crippen LogP contribution in [0.25, 0.3) is 22.2 Å². The molecule has 0 amide bonds. The quantitative estimate of drug-likeness (QED) is 0.563. The Morgan fingerprint density at radius 2 is 2.08 bits per heavy atom. The van der Waals surface area contributed by atoms with Crippen LogP contribution in [-0.2, 0) is 16.6 Å². The van der Waals surface area contributed by atoms with Crippen molar-refractivity contribution in [1.82, 2.24) is 14.3 Å². The summed E-state index contributed by atoms with van der Waals surface area (Å²) in [6.07, 6.45) is 3.57. The van der Waals surface area contributed by atoms with E-state index in [-0.39, 0.29) is 0 Å². The fourth-order valence-corrected chi connectivity index (χ4v) is 5.35. The number of H-pyrrole nitrogens is 1. The molecule has 128 valence electrons. The first-order valence-corrected chi connectivity index (χ1v) is 10.2. The van der Waals surface area contributed by atoms with Crippen molar-refractivity contribution in [3.05, 3.63) is 65.1 Å². The van der Waals surface area contributed by atoms with Gasteiger partial charge >= 0.3 is 0 Å². The van der Waals surface area contributed by atoms with Crippen LogP contribution in [0.5, 0.6) is 0 Å². The highest BCUT2D eigenvalue weighted by Crippen LogP contribution is 2.30. The van der Waals surface area contributed by atoms with Crippen molar-refractivity contribution in [2.24, 2.45) is 0 Å². The number of hydrogen-bond acceptors (Lipinski definition) is 4. The van der Waals surface area contributed by atoms with Crippen LogP contribution in [0.1, 0.15) is 5.56 Å². The standard InChI is InChI=1S/C18H17N3O2S2/c1-19-10-13-8-18(15-2-3-17-14(9-15)4-6-20-17)21(11-13)25(22,23)16-5-7-24-12-16/h2-9,11-12,19-20H,10H2,1H3. The Labute approximate surface area is 150 Å². The zero-order chi connectivity index (χ0) is 17.4. The highest BCUT2D eigenvalue weighted by atomic mass is 32.2. The van der Waals surface area contributed by atoms with E-state index < -0.39 is 10.0 Å². The lowest BCUT2D eigenvalue weighted by Crippen LogP contribution is -2.12. The summed E-state index contributed by atoms with van der Waals surface area (Å²) < 4.78 is 27.5. The predicted octanol–water partition coefficient (Wildman–Crippen LogP) is 3.65. The van der Waals surface area contributed by atoms with Gasteiger partial charge in [-0.3, -0.25) is 0 Å². The van der Waals surface area contributed by atoms with Crippen LogP contribution in [0.4, 0.5) is 0 Å². The number of benzene rings is 1. The van der Waals surface area contributed by atoms with E-state index in [1.807, 2.05) is 43.6 Å². The van der Waals surface area contributed by atoms with E-state index in [4.69, 9.17) is 0 Å². The van der Waals surface area contributed by atoms with Crippen LogP contribution >= 0.6 is 11.3 Å². The molecule has 3 aromatic heterocycles. The van der Waals surface area contributed by atoms with Crippen molar-refractivity contribution < 1.29 is 8.42 Å². The molecule has 0 radical (unpaired) electrons. The van der Waals surface area contributed by atoms with E-state index in [0.29, 0.717) is 17.1 Å². The number of aromatic nitrogens is 2. The molecule has 0 unspecified atom stereocenters. The number of nitrogens with zero attached hydrogens (tertiary/aromatic N) is 1. The van der Waals surface area contributed by atoms with Gasteiger partial charge in [-0.15, -0.1) is 0 Å². The number of thiophene rings is 1. The van der Waals surface area contributed by atoms with Gasteiger partial charge in [-0.05, 0) is 53.9 Å². The molecule has 0 aliphatic heterocycles. The maximum absolute atomic E-state index is 13.1. The lowest BCUT2D eigenvalue weighted by Gasteiger charge is -2.09. The first-order valence-electron chi connectivity index (χ1n) is 7.81. The van der Waals surface area contributed by atoms with Crippen molar-refractivity contribution in [1.29, 1.82) is 0 Å². The number of hydrogen-bond donors (Lipinski definition) is 2. The minimum absolute atomic E-state index is 0.313. The third-order valence-corrected chi connectivity index (χ3v) is 6.63. The maximum Gasteiger partial charge on any atom is 0.268 e. The zero-order valence-corrected chi connectivity index (χ0v) is 15.2. The Morgan fingerprint density at radius 1 is 1.20 bits per heavy atom. The zero-order valence-electron chi connectivity index (χ0n) is 13.6. The number of aromatic amines is 1. The van der Waals surface area contributed by atoms with Crippen LogP contribution in [0.15, 0.2) is 64.4 Å². The van der Waals surface area contributed by atoms with E-state index in [2.05, 4.69) is 10.3 Å². The number of rotatable bonds is 5. The molecule has 4 rings (SSSR count). The van der Waals surface area contributed by atoms with Gasteiger partial charge in [0.25, 0.3) is 10.0 Å². The monoisotopic (exact) mass is 371 g/mol. The predicted molar refractivity (Wildman–Crippen MR) is 101 cm³/mol. The van der Waals surface area contributed by atoms with Gasteiger partial charge in [0, 0.05) is 35.2 Å². The molecule has 0 aliphatic carbocycles. The van der Waals surface area contributed by atoms with Gasteiger partial charge in [0.15, 0.2) is 0 Å². The minimum Gasteiger partial charge on any atom is -0.361 e. The van der Waals surface area contributed by atoms with Crippen molar-refractivity contribution >= 4 is 32.3 Å². The summed E-state index contributed by atoms with van der Waals surface area (Å²) in [6.45, 7) is 0.603. The number of nitrogens with one attached hydrogen (secondary N) is 2. The van der Waals surface area contributed by atoms with Gasteiger partial charge in [-0.1, -0.05) is 6.07 Å². The van der Waals surface area contributed by atoms with Crippen LogP contribution in [-0.4, -0.2) is 24.4 Å². The third-order valence-electron chi connectivity index (χ3n) is 4.12. The second-order valence-electron chi connectivity index (χ2n) is 5.80. The summed E-state index contributed by atoms with van der Waals surface area (Å²) in [5.41, 5.74) is 3.48. The molecule has 7 heteroatoms. The SMILES string of the molecule is CNCc1cc(-c2ccc3[nH]ccc3c2)n(S(=O)(=O)c2ccsc2)c1. The molecule has 5 nitrogen and oxygen atoms in total. The van der Waals surface area contributed by atoms with Gasteiger partial charge in [0.1, 0.15) is 0 Å². The van der Waals surface area contributed by atoms with Crippen molar-refractivity contribution in [2.45, 2.75) is 11.4 Å². The molecule has 0 aliphatic rings. The molecule has 0 saturated carbocycles. The molecule has 0 atom stereocenters. The average Bonchev–Trinajstić information content (AvgIpc) is 3.34. The Hall–Kier alpha value is -2.35. The van der Waals surface area contributed by atoms with Crippen LogP contribution < -0.4 is 5.32 Å². The maximum atomic E-state index is 13.1. The normalized spacial score (nSPS) is 12.0. The van der Waals surface area contributed by atoms with Gasteiger partial charge < -0.3 is 10.3 Å². The van der Waals surface area contributed by atoms with E-state index in [1.54, 1.807) is 23.0 Å². The highest BCUT2D eigenvalue weighted by Gasteiger charge is 2.22. The molecule has 3 heterocycles. The Morgan fingerprint density at radius 3 is 2.84 bits per heavy atom. The topological polar surface area (TPSA) is 66.9 Å². The van der Waals surface area contributed by atoms with Crippen molar-refractivity contribution in [3.63, 3.8) is 0 Å². The molecule has 1 aromatic carbocycles. The lowest BCUT2D eigenvalue weighted by atomic mass is 10.1. The van der Waals surface area contributed by atoms with Crippen LogP contribution in [0.3, 0.4) is 0 Å². The molecule has 0 bridgehead atoms. The molecule has 25 heavy (non-hydrogen) atoms. The molecular formula is C18H17N3O2S2. The van der Waals surface area contributed by atoms with Gasteiger partial charge in [-0.2, -0.15) is 11.3 Å². The van der Waals surface area contributed by atoms with Gasteiger partial charge in [-0.25, -0.2) is 12.4 Å². The second kappa shape index (κ2) is 6.18. The summed E-state index contributed by atoms with van der Waals surface area (Å²) >= 11 is 1.37. The Bertz CT molecular complexity index is 1120. The van der Waals surface area contributed by atoms with E-state index >= 15 is 0 Å². The van der Waals surface area contributed by atoms with E-state index in [9.17, 15) is 8.42 Å². The van der Waals surface area contributed by atoms with Crippen LogP contribution in [0, 0.1) is 0 Å². The molecule has 2 N–H and O–H groups in total. The van der Waals surface area contributed by atoms with Crippen LogP contribution in [0.2, 0.25) is 0 Å². The molecule has 4 aromatic rings. The molecule has 0 saturated heterocycles. The Balaban J connectivity index is 1.92. The van der Waals surface area contributed by atoms with Gasteiger partial charge in [0.2, 0.25) is 0 Å². The summed E-state index contributed by atoms with van der Waals surface area (Å²) in [6, 6.07) is 11.5. The largest absolute Gasteiger partial charge is 0.361 e. The summed E-state index contributed by atoms with van der Waals surface area (Å²) in [4.78, 5) is 3.47. The van der Waals surface area contributed by atoms with Crippen molar-refractivity contribution in [2.75, 3.05) is 7.05 Å². The summed E-state index contributed by atoms with van der Waals surface area (Å²) in [5.74, 6) is 0. The number of fused-ring (bicyclic) bond motifs is 1. The minimum atomic E-state index is -3.62. The van der Waals surface area contributed by atoms with Gasteiger partial charge in [0.05, 0.1) is 10.6 Å². The summed E-state index contributed by atoms with van der Waals surface area (Å²) in [5, 5.41) is 7.56. The first kappa shape index (κ1) is 16.1. The smallest absolute Gasteiger partial charge is 0.268 e. The molecule has 0 spiro atoms. The lowest BCUT2D eigenvalue weighted by molar-refractivity contribution is 0.588. The molecular weight excluding hydrogens is 354 g/mol. The second-order valence-corrected chi connectivity index (χ2v) is 8.40.